The predicted molar refractivity (Wildman–Crippen MR) is 103 cm³/mol. The van der Waals surface area contributed by atoms with Crippen molar-refractivity contribution in [3.63, 3.8) is 0 Å². The van der Waals surface area contributed by atoms with Gasteiger partial charge in [-0.1, -0.05) is 38.1 Å². The van der Waals surface area contributed by atoms with Crippen molar-refractivity contribution in [3.8, 4) is 20.9 Å². The lowest BCUT2D eigenvalue weighted by Gasteiger charge is -2.03. The number of hydrogen-bond donors (Lipinski definition) is 0. The minimum atomic E-state index is 1.33. The fourth-order valence-corrected chi connectivity index (χ4v) is 4.69. The third-order valence-corrected chi connectivity index (χ3v) is 5.89. The van der Waals surface area contributed by atoms with E-state index in [0.717, 1.165) is 0 Å². The molecule has 22 heavy (non-hydrogen) atoms. The molecule has 0 spiro atoms. The number of benzene rings is 1. The maximum Gasteiger partial charge on any atom is 0.0374 e. The SMILES string of the molecule is CC.Cc1cc(C)c(-c2ccc(-c3sc(C)cc3C)cc2)s1. The Bertz CT molecular complexity index is 677. The number of rotatable bonds is 2. The minimum Gasteiger partial charge on any atom is -0.140 e. The second kappa shape index (κ2) is 7.26. The standard InChI is InChI=1S/C18H18S2.C2H6/c1-11-9-13(3)19-17(11)15-5-7-16(8-6-15)18-12(2)10-14(4)20-18;1-2/h5-10H,1-4H3;1-2H3. The van der Waals surface area contributed by atoms with Crippen LogP contribution >= 0.6 is 22.7 Å². The lowest BCUT2D eigenvalue weighted by atomic mass is 10.1. The van der Waals surface area contributed by atoms with E-state index in [1.54, 1.807) is 0 Å². The molecule has 0 N–H and O–H groups in total. The zero-order chi connectivity index (χ0) is 16.3. The van der Waals surface area contributed by atoms with Gasteiger partial charge in [0.15, 0.2) is 0 Å². The van der Waals surface area contributed by atoms with E-state index in [-0.39, 0.29) is 0 Å². The molecule has 0 saturated heterocycles. The van der Waals surface area contributed by atoms with Gasteiger partial charge in [-0.05, 0) is 62.1 Å². The van der Waals surface area contributed by atoms with Gasteiger partial charge in [-0.25, -0.2) is 0 Å². The Morgan fingerprint density at radius 3 is 1.14 bits per heavy atom. The van der Waals surface area contributed by atoms with Gasteiger partial charge >= 0.3 is 0 Å². The van der Waals surface area contributed by atoms with Gasteiger partial charge in [-0.15, -0.1) is 22.7 Å². The Morgan fingerprint density at radius 1 is 0.591 bits per heavy atom. The summed E-state index contributed by atoms with van der Waals surface area (Å²) in [6.45, 7) is 12.7. The summed E-state index contributed by atoms with van der Waals surface area (Å²) in [5.74, 6) is 0. The van der Waals surface area contributed by atoms with Crippen LogP contribution in [0.25, 0.3) is 20.9 Å². The first-order valence-electron chi connectivity index (χ1n) is 7.79. The zero-order valence-corrected chi connectivity index (χ0v) is 15.9. The molecule has 2 heteroatoms. The first-order chi connectivity index (χ1) is 10.5. The molecular formula is C20H24S2. The van der Waals surface area contributed by atoms with Gasteiger partial charge < -0.3 is 0 Å². The first kappa shape index (κ1) is 17.0. The van der Waals surface area contributed by atoms with Crippen molar-refractivity contribution >= 4 is 22.7 Å². The van der Waals surface area contributed by atoms with E-state index in [1.165, 1.54) is 41.8 Å². The molecule has 0 aliphatic carbocycles. The van der Waals surface area contributed by atoms with Crippen LogP contribution < -0.4 is 0 Å². The Balaban J connectivity index is 0.000000847. The van der Waals surface area contributed by atoms with Crippen molar-refractivity contribution in [2.24, 2.45) is 0 Å². The molecule has 0 aliphatic heterocycles. The third kappa shape index (κ3) is 3.50. The Labute approximate surface area is 142 Å². The summed E-state index contributed by atoms with van der Waals surface area (Å²) in [7, 11) is 0. The van der Waals surface area contributed by atoms with Crippen molar-refractivity contribution in [2.75, 3.05) is 0 Å². The van der Waals surface area contributed by atoms with Crippen LogP contribution in [0.3, 0.4) is 0 Å². The molecule has 0 bridgehead atoms. The maximum atomic E-state index is 2.26. The lowest BCUT2D eigenvalue weighted by Crippen LogP contribution is -1.78. The molecule has 0 nitrogen and oxygen atoms in total. The highest BCUT2D eigenvalue weighted by atomic mass is 32.1. The van der Waals surface area contributed by atoms with Crippen LogP contribution in [-0.4, -0.2) is 0 Å². The molecule has 2 aromatic heterocycles. The lowest BCUT2D eigenvalue weighted by molar-refractivity contribution is 1.49. The molecule has 1 aromatic carbocycles. The van der Waals surface area contributed by atoms with E-state index in [2.05, 4.69) is 64.1 Å². The molecule has 0 radical (unpaired) electrons. The van der Waals surface area contributed by atoms with Crippen LogP contribution in [0, 0.1) is 27.7 Å². The van der Waals surface area contributed by atoms with Gasteiger partial charge in [0.2, 0.25) is 0 Å². The van der Waals surface area contributed by atoms with E-state index in [9.17, 15) is 0 Å². The van der Waals surface area contributed by atoms with Crippen molar-refractivity contribution in [3.05, 3.63) is 57.3 Å². The summed E-state index contributed by atoms with van der Waals surface area (Å²) < 4.78 is 0. The molecule has 0 unspecified atom stereocenters. The van der Waals surface area contributed by atoms with Gasteiger partial charge in [0.25, 0.3) is 0 Å². The van der Waals surface area contributed by atoms with Gasteiger partial charge in [0.1, 0.15) is 0 Å². The van der Waals surface area contributed by atoms with E-state index in [1.807, 2.05) is 36.5 Å². The molecule has 2 heterocycles. The molecule has 0 fully saturated rings. The van der Waals surface area contributed by atoms with Crippen molar-refractivity contribution in [2.45, 2.75) is 41.5 Å². The summed E-state index contributed by atoms with van der Waals surface area (Å²) in [4.78, 5) is 5.55. The first-order valence-corrected chi connectivity index (χ1v) is 9.43. The van der Waals surface area contributed by atoms with Crippen LogP contribution in [0.2, 0.25) is 0 Å². The zero-order valence-electron chi connectivity index (χ0n) is 14.3. The molecule has 3 aromatic rings. The Hall–Kier alpha value is -1.38. The quantitative estimate of drug-likeness (QED) is 0.459. The number of hydrogen-bond acceptors (Lipinski definition) is 2. The summed E-state index contributed by atoms with van der Waals surface area (Å²) in [6, 6.07) is 13.5. The molecular weight excluding hydrogens is 304 g/mol. The van der Waals surface area contributed by atoms with Gasteiger partial charge in [-0.3, -0.25) is 0 Å². The molecule has 0 atom stereocenters. The number of thiophene rings is 2. The highest BCUT2D eigenvalue weighted by molar-refractivity contribution is 7.16. The van der Waals surface area contributed by atoms with Crippen molar-refractivity contribution in [1.29, 1.82) is 0 Å². The number of aryl methyl sites for hydroxylation is 4. The maximum absolute atomic E-state index is 2.26. The average Bonchev–Trinajstić information content (AvgIpc) is 3.02. The van der Waals surface area contributed by atoms with Crippen molar-refractivity contribution < 1.29 is 0 Å². The highest BCUT2D eigenvalue weighted by Crippen LogP contribution is 2.36. The van der Waals surface area contributed by atoms with Crippen LogP contribution in [0.15, 0.2) is 36.4 Å². The van der Waals surface area contributed by atoms with Crippen LogP contribution in [-0.2, 0) is 0 Å². The smallest absolute Gasteiger partial charge is 0.0374 e. The molecule has 0 amide bonds. The topological polar surface area (TPSA) is 0 Å². The van der Waals surface area contributed by atoms with E-state index < -0.39 is 0 Å². The highest BCUT2D eigenvalue weighted by Gasteiger charge is 2.08. The van der Waals surface area contributed by atoms with Crippen LogP contribution in [0.5, 0.6) is 0 Å². The monoisotopic (exact) mass is 328 g/mol. The fraction of sp³-hybridized carbons (Fsp3) is 0.300. The normalized spacial score (nSPS) is 10.3. The fourth-order valence-electron chi connectivity index (χ4n) is 2.63. The van der Waals surface area contributed by atoms with E-state index in [0.29, 0.717) is 0 Å². The van der Waals surface area contributed by atoms with Crippen molar-refractivity contribution in [1.82, 2.24) is 0 Å². The van der Waals surface area contributed by atoms with E-state index in [4.69, 9.17) is 0 Å². The second-order valence-electron chi connectivity index (χ2n) is 5.32. The predicted octanol–water partition coefficient (Wildman–Crippen LogP) is 7.40. The third-order valence-electron chi connectivity index (χ3n) is 3.49. The van der Waals surface area contributed by atoms with Crippen LogP contribution in [0.1, 0.15) is 34.7 Å². The molecule has 0 saturated carbocycles. The summed E-state index contributed by atoms with van der Waals surface area (Å²) in [5, 5.41) is 0. The van der Waals surface area contributed by atoms with Gasteiger partial charge in [-0.2, -0.15) is 0 Å². The Kier molecular flexibility index (Phi) is 5.60. The molecule has 0 aliphatic rings. The van der Waals surface area contributed by atoms with Crippen LogP contribution in [0.4, 0.5) is 0 Å². The average molecular weight is 329 g/mol. The largest absolute Gasteiger partial charge is 0.140 e. The second-order valence-corrected chi connectivity index (χ2v) is 7.83. The van der Waals surface area contributed by atoms with Gasteiger partial charge in [0.05, 0.1) is 0 Å². The van der Waals surface area contributed by atoms with E-state index >= 15 is 0 Å². The Morgan fingerprint density at radius 2 is 0.909 bits per heavy atom. The molecule has 3 rings (SSSR count). The minimum absolute atomic E-state index is 1.33. The molecule has 116 valence electrons. The summed E-state index contributed by atoms with van der Waals surface area (Å²) >= 11 is 3.76. The summed E-state index contributed by atoms with van der Waals surface area (Å²) in [5.41, 5.74) is 5.41. The summed E-state index contributed by atoms with van der Waals surface area (Å²) in [6.07, 6.45) is 0. The van der Waals surface area contributed by atoms with Gasteiger partial charge in [0, 0.05) is 19.5 Å².